The molecule has 1 saturated carbocycles. The monoisotopic (exact) mass is 977 g/mol. The number of halogens is 1. The van der Waals surface area contributed by atoms with E-state index in [1.165, 1.54) is 35.0 Å². The molecule has 10 rings (SSSR count). The number of hydrogen-bond donors (Lipinski definition) is 3. The summed E-state index contributed by atoms with van der Waals surface area (Å²) in [5.74, 6) is -0.193. The maximum atomic E-state index is 14.1. The van der Waals surface area contributed by atoms with Gasteiger partial charge >= 0.3 is 0 Å². The number of ether oxygens (including phenoxy) is 2. The minimum Gasteiger partial charge on any atom is -0.489 e. The highest BCUT2D eigenvalue weighted by atomic mass is 35.5. The molecule has 1 atom stereocenters. The van der Waals surface area contributed by atoms with Gasteiger partial charge in [-0.1, -0.05) is 43.2 Å². The number of H-pyrrole nitrogens is 1. The van der Waals surface area contributed by atoms with Crippen molar-refractivity contribution in [1.82, 2.24) is 29.4 Å². The number of rotatable bonds is 13. The number of sulfonamides is 1. The largest absolute Gasteiger partial charge is 0.489 e. The predicted molar refractivity (Wildman–Crippen MR) is 264 cm³/mol. The number of nitrogens with one attached hydrogen (secondary N) is 3. The van der Waals surface area contributed by atoms with Crippen LogP contribution in [0.15, 0.2) is 89.6 Å². The summed E-state index contributed by atoms with van der Waals surface area (Å²) in [5, 5.41) is 17.1. The summed E-state index contributed by atoms with van der Waals surface area (Å²) in [5.41, 5.74) is 5.22. The number of nitro benzene ring substituents is 1. The Kier molecular flexibility index (Phi) is 12.8. The lowest BCUT2D eigenvalue weighted by Crippen LogP contribution is -2.52. The number of aromatic amines is 1. The number of pyridine rings is 1. The predicted octanol–water partition coefficient (Wildman–Crippen LogP) is 7.55. The van der Waals surface area contributed by atoms with Gasteiger partial charge in [0.25, 0.3) is 21.6 Å². The third-order valence-corrected chi connectivity index (χ3v) is 15.6. The minimum absolute atomic E-state index is 0.0179. The molecular weight excluding hydrogens is 922 g/mol. The van der Waals surface area contributed by atoms with Crippen LogP contribution >= 0.6 is 11.6 Å². The summed E-state index contributed by atoms with van der Waals surface area (Å²) < 4.78 is 42.5. The van der Waals surface area contributed by atoms with Crippen LogP contribution in [0.1, 0.15) is 61.9 Å². The second kappa shape index (κ2) is 18.9. The number of benzene rings is 3. The fraction of sp³-hybridized carbons (Fsp3) is 0.420. The van der Waals surface area contributed by atoms with E-state index >= 15 is 0 Å². The molecule has 0 bridgehead atoms. The first-order valence-corrected chi connectivity index (χ1v) is 25.5. The molecule has 5 aliphatic rings. The summed E-state index contributed by atoms with van der Waals surface area (Å²) >= 11 is 6.26. The van der Waals surface area contributed by atoms with Crippen LogP contribution < -0.4 is 24.4 Å². The molecule has 0 radical (unpaired) electrons. The minimum atomic E-state index is -4.69. The summed E-state index contributed by atoms with van der Waals surface area (Å²) in [4.78, 5) is 54.2. The van der Waals surface area contributed by atoms with Crippen molar-refractivity contribution in [1.29, 1.82) is 0 Å². The van der Waals surface area contributed by atoms with Gasteiger partial charge in [0.15, 0.2) is 11.4 Å². The lowest BCUT2D eigenvalue weighted by Gasteiger charge is -2.39. The highest BCUT2D eigenvalue weighted by Gasteiger charge is 2.37. The van der Waals surface area contributed by atoms with Crippen molar-refractivity contribution >= 4 is 67.1 Å². The average molecular weight is 979 g/mol. The first-order valence-electron chi connectivity index (χ1n) is 23.6. The number of allylic oxidation sites excluding steroid dienone is 1. The molecular formula is C50H56ClN9O8S. The zero-order valence-corrected chi connectivity index (χ0v) is 40.3. The topological polar surface area (TPSA) is 196 Å². The zero-order chi connectivity index (χ0) is 48.0. The van der Waals surface area contributed by atoms with E-state index in [1.54, 1.807) is 24.4 Å². The van der Waals surface area contributed by atoms with Crippen LogP contribution in [0.25, 0.3) is 16.6 Å². The molecule has 5 heterocycles. The molecule has 2 aromatic heterocycles. The number of aromatic nitrogens is 2. The first-order chi connectivity index (χ1) is 33.1. The van der Waals surface area contributed by atoms with Gasteiger partial charge in [0.05, 0.1) is 27.6 Å². The Labute approximate surface area is 406 Å². The summed E-state index contributed by atoms with van der Waals surface area (Å²) in [6, 6.07) is 18.6. The van der Waals surface area contributed by atoms with Crippen molar-refractivity contribution in [2.24, 2.45) is 11.3 Å². The van der Waals surface area contributed by atoms with Gasteiger partial charge in [-0.05, 0) is 85.1 Å². The van der Waals surface area contributed by atoms with Crippen molar-refractivity contribution in [2.45, 2.75) is 56.9 Å². The number of piperazine rings is 2. The summed E-state index contributed by atoms with van der Waals surface area (Å²) in [6.45, 7) is 11.8. The van der Waals surface area contributed by atoms with Gasteiger partial charge in [-0.15, -0.1) is 0 Å². The Morgan fingerprint density at radius 3 is 2.46 bits per heavy atom. The van der Waals surface area contributed by atoms with E-state index in [0.29, 0.717) is 57.2 Å². The number of hydrogen-bond acceptors (Lipinski definition) is 13. The molecule has 0 unspecified atom stereocenters. The van der Waals surface area contributed by atoms with E-state index in [2.05, 4.69) is 60.7 Å². The van der Waals surface area contributed by atoms with Crippen molar-refractivity contribution in [3.63, 3.8) is 0 Å². The van der Waals surface area contributed by atoms with E-state index < -0.39 is 31.4 Å². The van der Waals surface area contributed by atoms with E-state index in [0.717, 1.165) is 73.9 Å². The van der Waals surface area contributed by atoms with Crippen LogP contribution in [0.4, 0.5) is 17.1 Å². The number of carbonyl (C=O) groups is 2. The number of anilines is 2. The van der Waals surface area contributed by atoms with E-state index in [4.69, 9.17) is 21.1 Å². The molecule has 3 aromatic carbocycles. The SMILES string of the molecule is CC1(C)CCC(CN2CCN(c3ccc(C(=O)NS(=O)(=O)c4cc5c(c([N+](=O)[O-])c4)N[C@@H](CN4CCN(C(=O)C6CC6)CC4)CO5)c(Oc4cnc5[nH]ccc5c4)c3)CC2)=C(c2ccc(Cl)cc2)C1. The van der Waals surface area contributed by atoms with Crippen molar-refractivity contribution in [3.05, 3.63) is 111 Å². The van der Waals surface area contributed by atoms with E-state index in [-0.39, 0.29) is 52.6 Å². The fourth-order valence-electron chi connectivity index (χ4n) is 9.94. The highest BCUT2D eigenvalue weighted by Crippen LogP contribution is 2.44. The lowest BCUT2D eigenvalue weighted by molar-refractivity contribution is -0.384. The van der Waals surface area contributed by atoms with E-state index in [9.17, 15) is 28.1 Å². The molecule has 2 saturated heterocycles. The fourth-order valence-corrected chi connectivity index (χ4v) is 11.1. The molecule has 2 aliphatic carbocycles. The Morgan fingerprint density at radius 1 is 0.971 bits per heavy atom. The number of amides is 2. The number of nitrogens with zero attached hydrogens (tertiary/aromatic N) is 6. The van der Waals surface area contributed by atoms with Crippen molar-refractivity contribution in [3.8, 4) is 17.2 Å². The molecule has 17 nitrogen and oxygen atoms in total. The van der Waals surface area contributed by atoms with Gasteiger partial charge in [0.2, 0.25) is 5.91 Å². The second-order valence-electron chi connectivity index (χ2n) is 19.6. The van der Waals surface area contributed by atoms with Crippen LogP contribution in [-0.4, -0.2) is 128 Å². The molecule has 0 spiro atoms. The lowest BCUT2D eigenvalue weighted by atomic mass is 9.72. The summed E-state index contributed by atoms with van der Waals surface area (Å²) in [6.07, 6.45) is 8.35. The second-order valence-corrected chi connectivity index (χ2v) is 21.7. The van der Waals surface area contributed by atoms with Gasteiger partial charge < -0.3 is 29.6 Å². The third kappa shape index (κ3) is 10.4. The van der Waals surface area contributed by atoms with Gasteiger partial charge in [0, 0.05) is 112 Å². The molecule has 3 fully saturated rings. The Morgan fingerprint density at radius 2 is 1.72 bits per heavy atom. The van der Waals surface area contributed by atoms with Crippen LogP contribution in [0, 0.1) is 21.4 Å². The zero-order valence-electron chi connectivity index (χ0n) is 38.7. The van der Waals surface area contributed by atoms with Crippen molar-refractivity contribution < 1.29 is 32.4 Å². The van der Waals surface area contributed by atoms with Gasteiger partial charge in [0.1, 0.15) is 23.8 Å². The van der Waals surface area contributed by atoms with Gasteiger partial charge in [-0.25, -0.2) is 18.1 Å². The van der Waals surface area contributed by atoms with Gasteiger partial charge in [-0.2, -0.15) is 0 Å². The Hall–Kier alpha value is -6.21. The van der Waals surface area contributed by atoms with Crippen molar-refractivity contribution in [2.75, 3.05) is 82.3 Å². The Bertz CT molecular complexity index is 2940. The smallest absolute Gasteiger partial charge is 0.297 e. The van der Waals surface area contributed by atoms with Gasteiger partial charge in [-0.3, -0.25) is 29.5 Å². The Balaban J connectivity index is 0.846. The average Bonchev–Trinajstić information content (AvgIpc) is 4.08. The van der Waals surface area contributed by atoms with E-state index in [1.807, 2.05) is 23.1 Å². The van der Waals surface area contributed by atoms with Crippen LogP contribution in [0.2, 0.25) is 5.02 Å². The standard InChI is InChI=1S/C50H56ClN9O8S/c1-50(2)13-11-35(42(27-50)32-5-7-36(51)8-6-32)29-56-15-19-58(20-16-56)38-9-10-41(44(24-38)68-39-23-34-12-14-52-47(34)53-28-39)48(61)55-69(65,66)40-25-43(60(63)64)46-45(26-40)67-31-37(54-46)30-57-17-21-59(22-18-57)49(62)33-3-4-33/h5-10,12,14,23-26,28,33,37,54H,3-4,11,13,15-22,27,29-31H2,1-2H3,(H,52,53)(H,55,61)/t37-/m0/s1. The third-order valence-electron chi connectivity index (χ3n) is 14.0. The van der Waals surface area contributed by atoms with Crippen LogP contribution in [0.3, 0.4) is 0 Å². The highest BCUT2D eigenvalue weighted by molar-refractivity contribution is 7.90. The molecule has 69 heavy (non-hydrogen) atoms. The molecule has 19 heteroatoms. The molecule has 362 valence electrons. The maximum Gasteiger partial charge on any atom is 0.297 e. The summed E-state index contributed by atoms with van der Waals surface area (Å²) in [7, 11) is -4.69. The molecule has 2 amide bonds. The molecule has 3 aliphatic heterocycles. The van der Waals surface area contributed by atoms with Crippen LogP contribution in [0.5, 0.6) is 17.2 Å². The first kappa shape index (κ1) is 46.5. The quantitative estimate of drug-likeness (QED) is 0.0774. The van der Waals surface area contributed by atoms with Crippen LogP contribution in [-0.2, 0) is 14.8 Å². The maximum absolute atomic E-state index is 14.1. The molecule has 3 N–H and O–H groups in total. The number of carbonyl (C=O) groups excluding carboxylic acids is 2. The number of nitro groups is 1. The normalized spacial score (nSPS) is 20.0. The molecule has 5 aromatic rings. The number of fused-ring (bicyclic) bond motifs is 2.